The van der Waals surface area contributed by atoms with Crippen molar-refractivity contribution in [3.63, 3.8) is 0 Å². The van der Waals surface area contributed by atoms with E-state index in [0.717, 1.165) is 39.4 Å². The molecule has 5 nitrogen and oxygen atoms in total. The number of hydrogen-bond donors (Lipinski definition) is 0. The van der Waals surface area contributed by atoms with Crippen LogP contribution in [0.25, 0.3) is 38.9 Å². The fourth-order valence-corrected chi connectivity index (χ4v) is 7.47. The second-order valence-corrected chi connectivity index (χ2v) is 13.0. The molecule has 3 aromatic heterocycles. The van der Waals surface area contributed by atoms with Gasteiger partial charge in [-0.05, 0) is 80.8 Å². The Hall–Kier alpha value is -4.77. The fraction of sp³-hybridized carbons (Fsp3) is 0.237. The van der Waals surface area contributed by atoms with Crippen LogP contribution in [0.5, 0.6) is 0 Å². The quantitative estimate of drug-likeness (QED) is 0.217. The van der Waals surface area contributed by atoms with Gasteiger partial charge in [0, 0.05) is 39.2 Å². The topological polar surface area (TPSA) is 52.3 Å². The number of ether oxygens (including phenoxy) is 1. The van der Waals surface area contributed by atoms with Crippen LogP contribution in [0.1, 0.15) is 55.6 Å². The van der Waals surface area contributed by atoms with Crippen LogP contribution < -0.4 is 0 Å². The minimum absolute atomic E-state index is 0.221. The Morgan fingerprint density at radius 3 is 2.26 bits per heavy atom. The summed E-state index contributed by atoms with van der Waals surface area (Å²) in [7, 11) is 0. The minimum Gasteiger partial charge on any atom is -0.467 e. The Morgan fingerprint density at radius 1 is 0.698 bits per heavy atom. The molecule has 2 aliphatic rings. The SMILES string of the molecule is Cc1ccnc(-c2ccc3c4ccccc4n(-c4cc(C5=N[C@]6(C)c7ccccc7C(C)(C)[C@]6(C)O5)cc(C)n4)c3c2)c1. The molecule has 43 heavy (non-hydrogen) atoms. The van der Waals surface area contributed by atoms with Crippen molar-refractivity contribution in [2.45, 2.75) is 58.1 Å². The smallest absolute Gasteiger partial charge is 0.217 e. The molecule has 3 aromatic carbocycles. The molecule has 0 bridgehead atoms. The van der Waals surface area contributed by atoms with Gasteiger partial charge in [-0.15, -0.1) is 0 Å². The van der Waals surface area contributed by atoms with E-state index in [2.05, 4.69) is 129 Å². The highest BCUT2D eigenvalue weighted by atomic mass is 16.5. The van der Waals surface area contributed by atoms with Gasteiger partial charge in [-0.2, -0.15) is 0 Å². The van der Waals surface area contributed by atoms with Gasteiger partial charge < -0.3 is 4.74 Å². The summed E-state index contributed by atoms with van der Waals surface area (Å²) < 4.78 is 9.22. The molecular formula is C38H34N4O. The van der Waals surface area contributed by atoms with E-state index in [1.807, 2.05) is 19.2 Å². The highest BCUT2D eigenvalue weighted by Crippen LogP contribution is 2.61. The molecule has 0 radical (unpaired) electrons. The van der Waals surface area contributed by atoms with E-state index in [0.29, 0.717) is 5.90 Å². The summed E-state index contributed by atoms with van der Waals surface area (Å²) in [6.45, 7) is 13.1. The average Bonchev–Trinajstić information content (AvgIpc) is 3.53. The Morgan fingerprint density at radius 2 is 1.44 bits per heavy atom. The molecule has 2 atom stereocenters. The van der Waals surface area contributed by atoms with E-state index >= 15 is 0 Å². The van der Waals surface area contributed by atoms with Crippen molar-refractivity contribution in [3.8, 4) is 17.1 Å². The van der Waals surface area contributed by atoms with Crippen LogP contribution in [0.3, 0.4) is 0 Å². The van der Waals surface area contributed by atoms with Gasteiger partial charge in [-0.25, -0.2) is 9.98 Å². The molecule has 0 spiro atoms. The number of hydrogen-bond acceptors (Lipinski definition) is 4. The lowest BCUT2D eigenvalue weighted by atomic mass is 9.71. The van der Waals surface area contributed by atoms with Crippen molar-refractivity contribution in [2.24, 2.45) is 4.99 Å². The monoisotopic (exact) mass is 562 g/mol. The Labute approximate surface area is 251 Å². The van der Waals surface area contributed by atoms with Gasteiger partial charge in [0.25, 0.3) is 0 Å². The van der Waals surface area contributed by atoms with Crippen molar-refractivity contribution in [3.05, 3.63) is 125 Å². The molecule has 8 rings (SSSR count). The average molecular weight is 563 g/mol. The van der Waals surface area contributed by atoms with Crippen LogP contribution in [-0.2, 0) is 15.7 Å². The van der Waals surface area contributed by atoms with Crippen molar-refractivity contribution >= 4 is 27.7 Å². The number of aryl methyl sites for hydroxylation is 2. The van der Waals surface area contributed by atoms with Gasteiger partial charge in [0.2, 0.25) is 5.90 Å². The summed E-state index contributed by atoms with van der Waals surface area (Å²) >= 11 is 0. The van der Waals surface area contributed by atoms with Gasteiger partial charge in [0.15, 0.2) is 0 Å². The molecular weight excluding hydrogens is 528 g/mol. The zero-order valence-electron chi connectivity index (χ0n) is 25.4. The van der Waals surface area contributed by atoms with Gasteiger partial charge in [0.1, 0.15) is 17.0 Å². The fourth-order valence-electron chi connectivity index (χ4n) is 7.47. The van der Waals surface area contributed by atoms with Gasteiger partial charge in [-0.3, -0.25) is 9.55 Å². The molecule has 0 amide bonds. The van der Waals surface area contributed by atoms with Crippen molar-refractivity contribution < 1.29 is 4.74 Å². The molecule has 5 heteroatoms. The minimum atomic E-state index is -0.529. The van der Waals surface area contributed by atoms with Gasteiger partial charge in [-0.1, -0.05) is 68.4 Å². The number of aromatic nitrogens is 3. The predicted molar refractivity (Wildman–Crippen MR) is 174 cm³/mol. The van der Waals surface area contributed by atoms with Crippen LogP contribution in [0.15, 0.2) is 102 Å². The molecule has 6 aromatic rings. The zero-order valence-corrected chi connectivity index (χ0v) is 25.4. The van der Waals surface area contributed by atoms with E-state index in [1.165, 1.54) is 27.5 Å². The second-order valence-electron chi connectivity index (χ2n) is 13.0. The molecule has 212 valence electrons. The van der Waals surface area contributed by atoms with Crippen LogP contribution in [0.4, 0.5) is 0 Å². The molecule has 4 heterocycles. The van der Waals surface area contributed by atoms with E-state index in [4.69, 9.17) is 14.7 Å². The molecule has 0 saturated carbocycles. The van der Waals surface area contributed by atoms with E-state index in [9.17, 15) is 0 Å². The maximum Gasteiger partial charge on any atom is 0.217 e. The summed E-state index contributed by atoms with van der Waals surface area (Å²) in [5.41, 5.74) is 8.56. The second kappa shape index (κ2) is 8.63. The van der Waals surface area contributed by atoms with Crippen LogP contribution in [0.2, 0.25) is 0 Å². The number of nitrogens with zero attached hydrogens (tertiary/aromatic N) is 4. The zero-order chi connectivity index (χ0) is 29.7. The van der Waals surface area contributed by atoms with E-state index in [-0.39, 0.29) is 5.41 Å². The molecule has 0 fully saturated rings. The standard InChI is InChI=1S/C38H34N4O/c1-23-17-18-39-31(19-23)25-15-16-28-27-11-7-10-14-32(27)42(33(28)21-25)34-22-26(20-24(2)40-34)35-41-37(5)30-13-9-8-12-29(30)36(3,4)38(37,6)43-35/h7-22H,1-6H3/t37-,38+/m1/s1. The third-order valence-electron chi connectivity index (χ3n) is 10.2. The lowest BCUT2D eigenvalue weighted by molar-refractivity contribution is -0.0136. The number of benzene rings is 3. The Bertz CT molecular complexity index is 2160. The van der Waals surface area contributed by atoms with Crippen molar-refractivity contribution in [1.29, 1.82) is 0 Å². The summed E-state index contributed by atoms with van der Waals surface area (Å²) in [5, 5.41) is 2.37. The maximum atomic E-state index is 6.95. The first kappa shape index (κ1) is 25.9. The highest BCUT2D eigenvalue weighted by molar-refractivity contribution is 6.10. The van der Waals surface area contributed by atoms with Crippen LogP contribution in [-0.4, -0.2) is 26.0 Å². The number of pyridine rings is 2. The summed E-state index contributed by atoms with van der Waals surface area (Å²) in [6, 6.07) is 32.2. The molecule has 1 aliphatic heterocycles. The number of para-hydroxylation sites is 1. The first-order valence-electron chi connectivity index (χ1n) is 15.0. The summed E-state index contributed by atoms with van der Waals surface area (Å²) in [6.07, 6.45) is 1.87. The summed E-state index contributed by atoms with van der Waals surface area (Å²) in [5.74, 6) is 1.51. The number of rotatable bonds is 3. The summed E-state index contributed by atoms with van der Waals surface area (Å²) in [4.78, 5) is 15.1. The normalized spacial score (nSPS) is 22.0. The third kappa shape index (κ3) is 3.42. The predicted octanol–water partition coefficient (Wildman–Crippen LogP) is 8.60. The first-order valence-corrected chi connectivity index (χ1v) is 15.0. The molecule has 0 saturated heterocycles. The van der Waals surface area contributed by atoms with Crippen LogP contribution >= 0.6 is 0 Å². The Balaban J connectivity index is 1.33. The first-order chi connectivity index (χ1) is 20.6. The number of fused-ring (bicyclic) bond motifs is 6. The van der Waals surface area contributed by atoms with Crippen molar-refractivity contribution in [1.82, 2.24) is 14.5 Å². The largest absolute Gasteiger partial charge is 0.467 e. The number of aliphatic imine (C=N–C) groups is 1. The van der Waals surface area contributed by atoms with E-state index < -0.39 is 11.1 Å². The maximum absolute atomic E-state index is 6.95. The third-order valence-corrected chi connectivity index (χ3v) is 10.2. The Kier molecular flexibility index (Phi) is 5.20. The molecule has 1 aliphatic carbocycles. The lowest BCUT2D eigenvalue weighted by Gasteiger charge is -2.41. The van der Waals surface area contributed by atoms with Crippen molar-refractivity contribution in [2.75, 3.05) is 0 Å². The van der Waals surface area contributed by atoms with E-state index in [1.54, 1.807) is 0 Å². The lowest BCUT2D eigenvalue weighted by Crippen LogP contribution is -2.51. The van der Waals surface area contributed by atoms with Gasteiger partial charge >= 0.3 is 0 Å². The molecule has 0 N–H and O–H groups in total. The van der Waals surface area contributed by atoms with Crippen LogP contribution in [0, 0.1) is 13.8 Å². The van der Waals surface area contributed by atoms with Gasteiger partial charge in [0.05, 0.1) is 16.7 Å². The molecule has 0 unspecified atom stereocenters. The highest BCUT2D eigenvalue weighted by Gasteiger charge is 2.67.